The zero-order valence-electron chi connectivity index (χ0n) is 14.7. The molecule has 0 spiro atoms. The van der Waals surface area contributed by atoms with Crippen LogP contribution in [0.2, 0.25) is 0 Å². The van der Waals surface area contributed by atoms with Gasteiger partial charge in [-0.1, -0.05) is 48.5 Å². The van der Waals surface area contributed by atoms with E-state index in [1.54, 1.807) is 7.11 Å². The van der Waals surface area contributed by atoms with E-state index in [0.29, 0.717) is 6.54 Å². The van der Waals surface area contributed by atoms with Crippen LogP contribution >= 0.6 is 0 Å². The zero-order valence-corrected chi connectivity index (χ0v) is 14.7. The molecule has 0 fully saturated rings. The Morgan fingerprint density at radius 1 is 1.04 bits per heavy atom. The van der Waals surface area contributed by atoms with Gasteiger partial charge in [-0.25, -0.2) is 4.79 Å². The zero-order chi connectivity index (χ0) is 17.6. The lowest BCUT2D eigenvalue weighted by Gasteiger charge is -2.25. The molecule has 24 heavy (non-hydrogen) atoms. The van der Waals surface area contributed by atoms with Crippen molar-refractivity contribution in [2.75, 3.05) is 7.11 Å². The van der Waals surface area contributed by atoms with Crippen molar-refractivity contribution in [3.05, 3.63) is 65.7 Å². The van der Waals surface area contributed by atoms with E-state index in [-0.39, 0.29) is 5.97 Å². The molecule has 0 aliphatic heterocycles. The number of methoxy groups -OCH3 is 1. The lowest BCUT2D eigenvalue weighted by Crippen LogP contribution is -2.34. The van der Waals surface area contributed by atoms with Crippen molar-refractivity contribution in [1.29, 1.82) is 0 Å². The topological polar surface area (TPSA) is 47.6 Å². The third-order valence-electron chi connectivity index (χ3n) is 3.46. The molecule has 0 saturated carbocycles. The number of hydrogen-bond donors (Lipinski definition) is 1. The second-order valence-corrected chi connectivity index (χ2v) is 6.57. The van der Waals surface area contributed by atoms with Gasteiger partial charge in [-0.3, -0.25) is 5.32 Å². The van der Waals surface area contributed by atoms with Gasteiger partial charge in [0, 0.05) is 12.1 Å². The van der Waals surface area contributed by atoms with Gasteiger partial charge in [0.1, 0.15) is 17.4 Å². The summed E-state index contributed by atoms with van der Waals surface area (Å²) in [6.45, 7) is 6.11. The van der Waals surface area contributed by atoms with Gasteiger partial charge in [0.2, 0.25) is 0 Å². The average molecular weight is 327 g/mol. The van der Waals surface area contributed by atoms with Gasteiger partial charge in [0.25, 0.3) is 0 Å². The van der Waals surface area contributed by atoms with Crippen molar-refractivity contribution in [2.24, 2.45) is 0 Å². The van der Waals surface area contributed by atoms with E-state index in [9.17, 15) is 4.79 Å². The molecule has 0 heterocycles. The van der Waals surface area contributed by atoms with Crippen molar-refractivity contribution >= 4 is 5.97 Å². The molecule has 0 saturated heterocycles. The van der Waals surface area contributed by atoms with Crippen LogP contribution in [-0.4, -0.2) is 18.7 Å². The number of para-hydroxylation sites is 1. The molecule has 0 unspecified atom stereocenters. The molecule has 1 atom stereocenters. The summed E-state index contributed by atoms with van der Waals surface area (Å²) in [5, 5.41) is 3.29. The van der Waals surface area contributed by atoms with Crippen LogP contribution in [-0.2, 0) is 16.1 Å². The molecule has 0 amide bonds. The lowest BCUT2D eigenvalue weighted by atomic mass is 10.1. The van der Waals surface area contributed by atoms with E-state index in [1.165, 1.54) is 0 Å². The third-order valence-corrected chi connectivity index (χ3v) is 3.46. The minimum atomic E-state index is -0.532. The smallest absolute Gasteiger partial charge is 0.328 e. The Bertz CT molecular complexity index is 662. The summed E-state index contributed by atoms with van der Waals surface area (Å²) in [4.78, 5) is 12.6. The first-order valence-electron chi connectivity index (χ1n) is 8.04. The number of rotatable bonds is 6. The van der Waals surface area contributed by atoms with E-state index in [4.69, 9.17) is 9.47 Å². The van der Waals surface area contributed by atoms with Crippen LogP contribution in [0, 0.1) is 0 Å². The minimum absolute atomic E-state index is 0.288. The molecule has 2 aromatic rings. The Morgan fingerprint density at radius 2 is 1.67 bits per heavy atom. The molecular formula is C20H25NO3. The number of nitrogens with one attached hydrogen (secondary N) is 1. The number of carbonyl (C=O) groups excluding carboxylic acids is 1. The molecule has 0 aliphatic carbocycles. The van der Waals surface area contributed by atoms with Crippen molar-refractivity contribution in [3.8, 4) is 5.75 Å². The van der Waals surface area contributed by atoms with E-state index < -0.39 is 11.6 Å². The standard InChI is InChI=1S/C20H25NO3/c1-20(2,3)24-19(22)18(15-10-6-5-7-11-15)21-14-16-12-8-9-13-17(16)23-4/h5-13,18,21H,14H2,1-4H3/t18-/m0/s1. The summed E-state index contributed by atoms with van der Waals surface area (Å²) >= 11 is 0. The molecule has 4 heteroatoms. The Hall–Kier alpha value is -2.33. The highest BCUT2D eigenvalue weighted by Crippen LogP contribution is 2.22. The van der Waals surface area contributed by atoms with Crippen molar-refractivity contribution in [3.63, 3.8) is 0 Å². The molecule has 0 radical (unpaired) electrons. The molecule has 0 aliphatic rings. The Balaban J connectivity index is 2.19. The van der Waals surface area contributed by atoms with Crippen molar-refractivity contribution in [1.82, 2.24) is 5.32 Å². The van der Waals surface area contributed by atoms with Crippen molar-refractivity contribution in [2.45, 2.75) is 39.0 Å². The largest absolute Gasteiger partial charge is 0.496 e. The summed E-state index contributed by atoms with van der Waals surface area (Å²) < 4.78 is 10.9. The van der Waals surface area contributed by atoms with E-state index >= 15 is 0 Å². The highest BCUT2D eigenvalue weighted by atomic mass is 16.6. The van der Waals surface area contributed by atoms with E-state index in [0.717, 1.165) is 16.9 Å². The summed E-state index contributed by atoms with van der Waals surface area (Å²) in [6.07, 6.45) is 0. The number of ether oxygens (including phenoxy) is 2. The Labute approximate surface area is 143 Å². The Morgan fingerprint density at radius 3 is 2.29 bits per heavy atom. The van der Waals surface area contributed by atoms with Crippen LogP contribution in [0.5, 0.6) is 5.75 Å². The fourth-order valence-electron chi connectivity index (χ4n) is 2.40. The van der Waals surface area contributed by atoms with Gasteiger partial charge >= 0.3 is 5.97 Å². The van der Waals surface area contributed by atoms with Crippen molar-refractivity contribution < 1.29 is 14.3 Å². The normalized spacial score (nSPS) is 12.5. The van der Waals surface area contributed by atoms with Gasteiger partial charge < -0.3 is 9.47 Å². The Kier molecular flexibility index (Phi) is 5.99. The summed E-state index contributed by atoms with van der Waals surface area (Å²) in [5.74, 6) is 0.504. The maximum atomic E-state index is 12.6. The molecule has 2 aromatic carbocycles. The second-order valence-electron chi connectivity index (χ2n) is 6.57. The first kappa shape index (κ1) is 18.0. The molecular weight excluding hydrogens is 302 g/mol. The number of carbonyl (C=O) groups is 1. The fourth-order valence-corrected chi connectivity index (χ4v) is 2.40. The van der Waals surface area contributed by atoms with Crippen LogP contribution in [0.4, 0.5) is 0 Å². The third kappa shape index (κ3) is 5.10. The van der Waals surface area contributed by atoms with Crippen LogP contribution < -0.4 is 10.1 Å². The first-order chi connectivity index (χ1) is 11.4. The van der Waals surface area contributed by atoms with Crippen LogP contribution in [0.25, 0.3) is 0 Å². The predicted octanol–water partition coefficient (Wildman–Crippen LogP) is 3.87. The first-order valence-corrected chi connectivity index (χ1v) is 8.04. The lowest BCUT2D eigenvalue weighted by molar-refractivity contribution is -0.157. The van der Waals surface area contributed by atoms with Gasteiger partial charge in [-0.2, -0.15) is 0 Å². The monoisotopic (exact) mass is 327 g/mol. The quantitative estimate of drug-likeness (QED) is 0.818. The maximum absolute atomic E-state index is 12.6. The molecule has 4 nitrogen and oxygen atoms in total. The second kappa shape index (κ2) is 7.97. The van der Waals surface area contributed by atoms with Gasteiger partial charge in [-0.15, -0.1) is 0 Å². The van der Waals surface area contributed by atoms with Crippen LogP contribution in [0.3, 0.4) is 0 Å². The minimum Gasteiger partial charge on any atom is -0.496 e. The molecule has 128 valence electrons. The van der Waals surface area contributed by atoms with E-state index in [1.807, 2.05) is 75.4 Å². The maximum Gasteiger partial charge on any atom is 0.328 e. The number of esters is 1. The highest BCUT2D eigenvalue weighted by molar-refractivity contribution is 5.78. The average Bonchev–Trinajstić information content (AvgIpc) is 2.55. The molecule has 2 rings (SSSR count). The molecule has 0 aromatic heterocycles. The number of hydrogen-bond acceptors (Lipinski definition) is 4. The van der Waals surface area contributed by atoms with Crippen LogP contribution in [0.15, 0.2) is 54.6 Å². The SMILES string of the molecule is COc1ccccc1CN[C@H](C(=O)OC(C)(C)C)c1ccccc1. The van der Waals surface area contributed by atoms with E-state index in [2.05, 4.69) is 5.32 Å². The fraction of sp³-hybridized carbons (Fsp3) is 0.350. The summed E-state index contributed by atoms with van der Waals surface area (Å²) in [7, 11) is 1.64. The van der Waals surface area contributed by atoms with Crippen LogP contribution in [0.1, 0.15) is 37.9 Å². The van der Waals surface area contributed by atoms with Gasteiger partial charge in [0.15, 0.2) is 0 Å². The van der Waals surface area contributed by atoms with Gasteiger partial charge in [-0.05, 0) is 32.4 Å². The summed E-state index contributed by atoms with van der Waals surface area (Å²) in [5.41, 5.74) is 1.34. The van der Waals surface area contributed by atoms with Gasteiger partial charge in [0.05, 0.1) is 7.11 Å². The molecule has 1 N–H and O–H groups in total. The highest BCUT2D eigenvalue weighted by Gasteiger charge is 2.26. The summed E-state index contributed by atoms with van der Waals surface area (Å²) in [6, 6.07) is 16.8. The number of benzene rings is 2. The molecule has 0 bridgehead atoms. The predicted molar refractivity (Wildman–Crippen MR) is 94.9 cm³/mol.